The minimum absolute atomic E-state index is 0.664. The van der Waals surface area contributed by atoms with E-state index in [0.29, 0.717) is 5.95 Å². The largest absolute Gasteiger partial charge is 0.308 e. The van der Waals surface area contributed by atoms with Crippen molar-refractivity contribution >= 4 is 81.6 Å². The van der Waals surface area contributed by atoms with Gasteiger partial charge in [-0.2, -0.15) is 0 Å². The molecule has 240 valence electrons. The standard InChI is InChI=1S/C48H28N4/c1-3-13-29(14-4-1)32-27-28-35-34-19-9-10-21-38(34)51-40-23-12-24-41-44(40)43-36(42(32)47(35)51)20-11-22-39(43)52(41)48-49-45(31-16-5-2-6-17-31)37-26-25-30-15-7-8-18-33(30)46(37)50-48/h1-28H. The van der Waals surface area contributed by atoms with Gasteiger partial charge in [-0.05, 0) is 52.2 Å². The van der Waals surface area contributed by atoms with E-state index in [4.69, 9.17) is 9.97 Å². The van der Waals surface area contributed by atoms with Crippen LogP contribution in [0, 0.1) is 0 Å². The Balaban J connectivity index is 1.32. The van der Waals surface area contributed by atoms with E-state index in [9.17, 15) is 0 Å². The summed E-state index contributed by atoms with van der Waals surface area (Å²) in [7, 11) is 0. The van der Waals surface area contributed by atoms with Crippen LogP contribution in [0.25, 0.3) is 110 Å². The normalized spacial score (nSPS) is 12.2. The number of benzene rings is 8. The minimum Gasteiger partial charge on any atom is -0.308 e. The molecule has 0 saturated heterocycles. The van der Waals surface area contributed by atoms with Crippen LogP contribution in [0.1, 0.15) is 0 Å². The second-order valence-electron chi connectivity index (χ2n) is 13.7. The summed E-state index contributed by atoms with van der Waals surface area (Å²) in [6, 6.07) is 61.1. The monoisotopic (exact) mass is 660 g/mol. The zero-order valence-corrected chi connectivity index (χ0v) is 28.0. The van der Waals surface area contributed by atoms with E-state index in [-0.39, 0.29) is 0 Å². The molecular formula is C48H28N4. The van der Waals surface area contributed by atoms with Gasteiger partial charge < -0.3 is 4.40 Å². The van der Waals surface area contributed by atoms with Gasteiger partial charge in [-0.15, -0.1) is 0 Å². The number of para-hydroxylation sites is 1. The summed E-state index contributed by atoms with van der Waals surface area (Å²) in [5.41, 5.74) is 11.1. The third-order valence-corrected chi connectivity index (χ3v) is 11.1. The number of fused-ring (bicyclic) bond motifs is 8. The van der Waals surface area contributed by atoms with Gasteiger partial charge in [-0.3, -0.25) is 4.57 Å². The van der Waals surface area contributed by atoms with Gasteiger partial charge in [-0.25, -0.2) is 9.97 Å². The molecule has 0 saturated carbocycles. The second kappa shape index (κ2) is 10.3. The molecule has 0 aliphatic rings. The molecule has 0 spiro atoms. The lowest BCUT2D eigenvalue weighted by Crippen LogP contribution is -2.04. The fourth-order valence-corrected chi connectivity index (χ4v) is 8.91. The van der Waals surface area contributed by atoms with Crippen molar-refractivity contribution in [1.29, 1.82) is 0 Å². The molecule has 0 aliphatic heterocycles. The van der Waals surface area contributed by atoms with Crippen LogP contribution in [0.2, 0.25) is 0 Å². The van der Waals surface area contributed by atoms with E-state index in [0.717, 1.165) is 44.0 Å². The highest BCUT2D eigenvalue weighted by Gasteiger charge is 2.25. The topological polar surface area (TPSA) is 35.1 Å². The van der Waals surface area contributed by atoms with Gasteiger partial charge in [0.15, 0.2) is 0 Å². The molecule has 0 bridgehead atoms. The first-order chi connectivity index (χ1) is 25.8. The van der Waals surface area contributed by atoms with Crippen molar-refractivity contribution in [3.05, 3.63) is 170 Å². The molecule has 4 heterocycles. The molecule has 8 aromatic carbocycles. The summed E-state index contributed by atoms with van der Waals surface area (Å²) >= 11 is 0. The molecule has 0 unspecified atom stereocenters. The highest BCUT2D eigenvalue weighted by atomic mass is 15.2. The fraction of sp³-hybridized carbons (Fsp3) is 0. The average molecular weight is 661 g/mol. The third kappa shape index (κ3) is 3.60. The third-order valence-electron chi connectivity index (χ3n) is 11.1. The van der Waals surface area contributed by atoms with Crippen LogP contribution < -0.4 is 0 Å². The smallest absolute Gasteiger partial charge is 0.235 e. The van der Waals surface area contributed by atoms with Crippen molar-refractivity contribution < 1.29 is 0 Å². The molecular weight excluding hydrogens is 633 g/mol. The molecule has 52 heavy (non-hydrogen) atoms. The SMILES string of the molecule is c1ccc(-c2nc(-n3c4cccc5c6c(-c7ccccc7)ccc7c8ccccc8n(c8cccc3c8c54)c76)nc3c2ccc2ccccc23)cc1. The number of nitrogens with zero attached hydrogens (tertiary/aromatic N) is 4. The molecule has 4 aromatic heterocycles. The second-order valence-corrected chi connectivity index (χ2v) is 13.7. The van der Waals surface area contributed by atoms with Crippen molar-refractivity contribution in [1.82, 2.24) is 18.9 Å². The van der Waals surface area contributed by atoms with E-state index in [1.165, 1.54) is 60.0 Å². The van der Waals surface area contributed by atoms with Crippen LogP contribution in [0.5, 0.6) is 0 Å². The van der Waals surface area contributed by atoms with E-state index in [2.05, 4.69) is 179 Å². The maximum atomic E-state index is 5.47. The Hall–Kier alpha value is -7.04. The van der Waals surface area contributed by atoms with Crippen molar-refractivity contribution in [2.45, 2.75) is 0 Å². The Morgan fingerprint density at radius 1 is 0.365 bits per heavy atom. The summed E-state index contributed by atoms with van der Waals surface area (Å²) in [6.45, 7) is 0. The fourth-order valence-electron chi connectivity index (χ4n) is 8.91. The van der Waals surface area contributed by atoms with Gasteiger partial charge >= 0.3 is 0 Å². The van der Waals surface area contributed by atoms with Crippen LogP contribution in [0.3, 0.4) is 0 Å². The number of hydrogen-bond donors (Lipinski definition) is 0. The molecule has 0 atom stereocenters. The van der Waals surface area contributed by atoms with Crippen LogP contribution >= 0.6 is 0 Å². The van der Waals surface area contributed by atoms with Gasteiger partial charge in [0.1, 0.15) is 0 Å². The molecule has 0 amide bonds. The lowest BCUT2D eigenvalue weighted by atomic mass is 9.95. The first-order valence-corrected chi connectivity index (χ1v) is 17.8. The zero-order valence-electron chi connectivity index (χ0n) is 28.0. The van der Waals surface area contributed by atoms with E-state index in [1.807, 2.05) is 0 Å². The number of hydrogen-bond acceptors (Lipinski definition) is 2. The Labute approximate surface area is 297 Å². The number of aromatic nitrogens is 4. The van der Waals surface area contributed by atoms with Gasteiger partial charge in [0, 0.05) is 43.3 Å². The predicted molar refractivity (Wildman–Crippen MR) is 217 cm³/mol. The average Bonchev–Trinajstić information content (AvgIpc) is 3.69. The van der Waals surface area contributed by atoms with Crippen LogP contribution in [0.4, 0.5) is 0 Å². The van der Waals surface area contributed by atoms with E-state index in [1.54, 1.807) is 0 Å². The Morgan fingerprint density at radius 3 is 1.85 bits per heavy atom. The van der Waals surface area contributed by atoms with Crippen LogP contribution in [-0.2, 0) is 0 Å². The highest BCUT2D eigenvalue weighted by molar-refractivity contribution is 6.33. The first kappa shape index (κ1) is 27.7. The molecule has 0 fully saturated rings. The maximum absolute atomic E-state index is 5.47. The van der Waals surface area contributed by atoms with Crippen molar-refractivity contribution in [3.8, 4) is 28.3 Å². The predicted octanol–water partition coefficient (Wildman–Crippen LogP) is 12.4. The van der Waals surface area contributed by atoms with Gasteiger partial charge in [0.25, 0.3) is 0 Å². The zero-order chi connectivity index (χ0) is 33.9. The highest BCUT2D eigenvalue weighted by Crippen LogP contribution is 2.46. The van der Waals surface area contributed by atoms with E-state index >= 15 is 0 Å². The van der Waals surface area contributed by atoms with Crippen molar-refractivity contribution in [3.63, 3.8) is 0 Å². The van der Waals surface area contributed by atoms with Crippen molar-refractivity contribution in [2.24, 2.45) is 0 Å². The number of rotatable bonds is 3. The molecule has 0 radical (unpaired) electrons. The lowest BCUT2D eigenvalue weighted by Gasteiger charge is -2.14. The van der Waals surface area contributed by atoms with Gasteiger partial charge in [0.05, 0.1) is 38.8 Å². The molecule has 12 aromatic rings. The van der Waals surface area contributed by atoms with E-state index < -0.39 is 0 Å². The molecule has 12 rings (SSSR count). The maximum Gasteiger partial charge on any atom is 0.235 e. The molecule has 0 aliphatic carbocycles. The van der Waals surface area contributed by atoms with Gasteiger partial charge in [-0.1, -0.05) is 140 Å². The van der Waals surface area contributed by atoms with Gasteiger partial charge in [0.2, 0.25) is 5.95 Å². The lowest BCUT2D eigenvalue weighted by molar-refractivity contribution is 1.02. The molecule has 4 nitrogen and oxygen atoms in total. The summed E-state index contributed by atoms with van der Waals surface area (Å²) in [4.78, 5) is 10.9. The van der Waals surface area contributed by atoms with Crippen LogP contribution in [-0.4, -0.2) is 18.9 Å². The molecule has 4 heteroatoms. The Kier molecular flexibility index (Phi) is 5.47. The summed E-state index contributed by atoms with van der Waals surface area (Å²) in [6.07, 6.45) is 0. The van der Waals surface area contributed by atoms with Crippen molar-refractivity contribution in [2.75, 3.05) is 0 Å². The first-order valence-electron chi connectivity index (χ1n) is 17.8. The summed E-state index contributed by atoms with van der Waals surface area (Å²) in [5.74, 6) is 0.664. The Morgan fingerprint density at radius 2 is 1.00 bits per heavy atom. The minimum atomic E-state index is 0.664. The van der Waals surface area contributed by atoms with Crippen LogP contribution in [0.15, 0.2) is 170 Å². The summed E-state index contributed by atoms with van der Waals surface area (Å²) < 4.78 is 4.80. The summed E-state index contributed by atoms with van der Waals surface area (Å²) in [5, 5.41) is 10.7. The quantitative estimate of drug-likeness (QED) is 0.177. The molecule has 0 N–H and O–H groups in total. The Bertz CT molecular complexity index is 3390.